The highest BCUT2D eigenvalue weighted by Crippen LogP contribution is 2.14. The highest BCUT2D eigenvalue weighted by Gasteiger charge is 2.17. The average molecular weight is 285 g/mol. The van der Waals surface area contributed by atoms with Crippen LogP contribution >= 0.6 is 0 Å². The van der Waals surface area contributed by atoms with Gasteiger partial charge in [-0.15, -0.1) is 0 Å². The molecule has 5 heteroatoms. The van der Waals surface area contributed by atoms with Gasteiger partial charge in [0.25, 0.3) is 0 Å². The third-order valence-electron chi connectivity index (χ3n) is 3.49. The van der Waals surface area contributed by atoms with E-state index in [1.807, 2.05) is 0 Å². The maximum Gasteiger partial charge on any atom is 0.154 e. The summed E-state index contributed by atoms with van der Waals surface area (Å²) in [6, 6.07) is 6.00. The van der Waals surface area contributed by atoms with Crippen molar-refractivity contribution < 1.29 is 12.8 Å². The van der Waals surface area contributed by atoms with Crippen LogP contribution in [-0.2, 0) is 15.6 Å². The van der Waals surface area contributed by atoms with Crippen molar-refractivity contribution in [3.05, 3.63) is 35.6 Å². The van der Waals surface area contributed by atoms with Crippen molar-refractivity contribution in [1.82, 2.24) is 5.32 Å². The molecule has 19 heavy (non-hydrogen) atoms. The summed E-state index contributed by atoms with van der Waals surface area (Å²) in [6.07, 6.45) is 4.09. The van der Waals surface area contributed by atoms with Crippen molar-refractivity contribution in [1.29, 1.82) is 0 Å². The molecular weight excluding hydrogens is 265 g/mol. The fraction of sp³-hybridized carbons (Fsp3) is 0.571. The Bertz CT molecular complexity index is 493. The van der Waals surface area contributed by atoms with E-state index in [1.54, 1.807) is 0 Å². The molecule has 1 aliphatic heterocycles. The molecule has 1 atom stereocenters. The number of hydrogen-bond donors (Lipinski definition) is 1. The Hall–Kier alpha value is -0.940. The van der Waals surface area contributed by atoms with Crippen molar-refractivity contribution in [3.63, 3.8) is 0 Å². The molecule has 1 unspecified atom stereocenters. The summed E-state index contributed by atoms with van der Waals surface area (Å²) < 4.78 is 36.8. The molecule has 0 amide bonds. The molecule has 3 nitrogen and oxygen atoms in total. The molecule has 1 aromatic rings. The van der Waals surface area contributed by atoms with Gasteiger partial charge in [0, 0.05) is 6.04 Å². The quantitative estimate of drug-likeness (QED) is 0.902. The van der Waals surface area contributed by atoms with E-state index in [1.165, 1.54) is 37.1 Å². The lowest BCUT2D eigenvalue weighted by Crippen LogP contribution is -2.35. The summed E-state index contributed by atoms with van der Waals surface area (Å²) in [5, 5.41) is 3.35. The number of halogens is 1. The van der Waals surface area contributed by atoms with Gasteiger partial charge >= 0.3 is 0 Å². The number of nitrogens with one attached hydrogen (secondary N) is 1. The maximum absolute atomic E-state index is 12.8. The SMILES string of the molecule is O=S(=O)(CCC1CCCCN1)Cc1ccc(F)cc1. The Morgan fingerprint density at radius 3 is 2.58 bits per heavy atom. The van der Waals surface area contributed by atoms with Crippen LogP contribution in [0.2, 0.25) is 0 Å². The second-order valence-corrected chi connectivity index (χ2v) is 7.34. The normalized spacial score (nSPS) is 20.4. The van der Waals surface area contributed by atoms with Crippen LogP contribution in [-0.4, -0.2) is 26.8 Å². The van der Waals surface area contributed by atoms with Gasteiger partial charge in [0.05, 0.1) is 11.5 Å². The van der Waals surface area contributed by atoms with E-state index in [4.69, 9.17) is 0 Å². The smallest absolute Gasteiger partial charge is 0.154 e. The molecule has 2 rings (SSSR count). The first kappa shape index (κ1) is 14.5. The Labute approximate surface area is 114 Å². The lowest BCUT2D eigenvalue weighted by molar-refractivity contribution is 0.392. The van der Waals surface area contributed by atoms with E-state index in [0.717, 1.165) is 13.0 Å². The monoisotopic (exact) mass is 285 g/mol. The van der Waals surface area contributed by atoms with Gasteiger partial charge in [0.15, 0.2) is 9.84 Å². The Morgan fingerprint density at radius 1 is 1.21 bits per heavy atom. The molecule has 0 saturated carbocycles. The minimum atomic E-state index is -3.11. The van der Waals surface area contributed by atoms with Gasteiger partial charge in [0.1, 0.15) is 5.82 Å². The molecule has 1 saturated heterocycles. The predicted octanol–water partition coefficient (Wildman–Crippen LogP) is 2.27. The van der Waals surface area contributed by atoms with Crippen LogP contribution < -0.4 is 5.32 Å². The average Bonchev–Trinajstić information content (AvgIpc) is 2.40. The van der Waals surface area contributed by atoms with Crippen molar-refractivity contribution in [2.75, 3.05) is 12.3 Å². The molecule has 1 aliphatic rings. The van der Waals surface area contributed by atoms with Crippen LogP contribution in [0.5, 0.6) is 0 Å². The highest BCUT2D eigenvalue weighted by atomic mass is 32.2. The minimum absolute atomic E-state index is 0. The largest absolute Gasteiger partial charge is 0.314 e. The molecule has 0 bridgehead atoms. The molecule has 0 aromatic heterocycles. The second kappa shape index (κ2) is 6.48. The maximum atomic E-state index is 12.8. The van der Waals surface area contributed by atoms with Crippen molar-refractivity contribution in [3.8, 4) is 0 Å². The number of benzene rings is 1. The van der Waals surface area contributed by atoms with Crippen LogP contribution in [0.3, 0.4) is 0 Å². The first-order chi connectivity index (χ1) is 9.05. The van der Waals surface area contributed by atoms with E-state index in [2.05, 4.69) is 5.32 Å². The summed E-state index contributed by atoms with van der Waals surface area (Å²) >= 11 is 0. The fourth-order valence-corrected chi connectivity index (χ4v) is 3.89. The van der Waals surface area contributed by atoms with Crippen molar-refractivity contribution in [2.24, 2.45) is 0 Å². The van der Waals surface area contributed by atoms with E-state index in [9.17, 15) is 12.8 Å². The lowest BCUT2D eigenvalue weighted by atomic mass is 10.0. The molecule has 1 fully saturated rings. The molecular formula is C14H20FNO2S. The Kier molecular flexibility index (Phi) is 4.93. The molecule has 106 valence electrons. The molecule has 0 aliphatic carbocycles. The van der Waals surface area contributed by atoms with Crippen molar-refractivity contribution >= 4 is 9.84 Å². The van der Waals surface area contributed by atoms with Crippen LogP contribution in [0.15, 0.2) is 24.3 Å². The second-order valence-electron chi connectivity index (χ2n) is 5.15. The number of rotatable bonds is 5. The van der Waals surface area contributed by atoms with E-state index >= 15 is 0 Å². The Balaban J connectivity index is 1.85. The summed E-state index contributed by atoms with van der Waals surface area (Å²) in [5.41, 5.74) is 0.651. The summed E-state index contributed by atoms with van der Waals surface area (Å²) in [7, 11) is -3.11. The third kappa shape index (κ3) is 4.91. The van der Waals surface area contributed by atoms with Gasteiger partial charge in [-0.05, 0) is 43.5 Å². The van der Waals surface area contributed by atoms with Gasteiger partial charge in [-0.3, -0.25) is 0 Å². The van der Waals surface area contributed by atoms with Gasteiger partial charge in [-0.1, -0.05) is 18.6 Å². The molecule has 0 spiro atoms. The number of piperidine rings is 1. The highest BCUT2D eigenvalue weighted by molar-refractivity contribution is 7.90. The van der Waals surface area contributed by atoms with Crippen LogP contribution in [0.4, 0.5) is 4.39 Å². The third-order valence-corrected chi connectivity index (χ3v) is 5.12. The van der Waals surface area contributed by atoms with Crippen LogP contribution in [0.1, 0.15) is 31.2 Å². The van der Waals surface area contributed by atoms with Gasteiger partial charge < -0.3 is 5.32 Å². The van der Waals surface area contributed by atoms with Crippen LogP contribution in [0.25, 0.3) is 0 Å². The minimum Gasteiger partial charge on any atom is -0.314 e. The van der Waals surface area contributed by atoms with Gasteiger partial charge in [0.2, 0.25) is 0 Å². The zero-order chi connectivity index (χ0) is 13.7. The fourth-order valence-electron chi connectivity index (χ4n) is 2.40. The molecule has 1 N–H and O–H groups in total. The molecule has 1 aromatic carbocycles. The number of sulfone groups is 1. The molecule has 0 radical (unpaired) electrons. The van der Waals surface area contributed by atoms with Gasteiger partial charge in [-0.25, -0.2) is 12.8 Å². The van der Waals surface area contributed by atoms with Crippen molar-refractivity contribution in [2.45, 2.75) is 37.5 Å². The summed E-state index contributed by atoms with van der Waals surface area (Å²) in [4.78, 5) is 0. The molecule has 1 heterocycles. The van der Waals surface area contributed by atoms with E-state index in [0.29, 0.717) is 18.0 Å². The summed E-state index contributed by atoms with van der Waals surface area (Å²) in [6.45, 7) is 0.989. The van der Waals surface area contributed by atoms with Crippen LogP contribution in [0, 0.1) is 5.82 Å². The number of hydrogen-bond acceptors (Lipinski definition) is 3. The standard InChI is InChI=1S/C14H20FNO2S/c15-13-6-4-12(5-7-13)11-19(17,18)10-8-14-3-1-2-9-16-14/h4-7,14,16H,1-3,8-11H2. The topological polar surface area (TPSA) is 46.2 Å². The zero-order valence-corrected chi connectivity index (χ0v) is 11.8. The predicted molar refractivity (Wildman–Crippen MR) is 74.1 cm³/mol. The van der Waals surface area contributed by atoms with E-state index in [-0.39, 0.29) is 17.3 Å². The zero-order valence-electron chi connectivity index (χ0n) is 10.9. The van der Waals surface area contributed by atoms with E-state index < -0.39 is 9.84 Å². The Morgan fingerprint density at radius 2 is 1.95 bits per heavy atom. The van der Waals surface area contributed by atoms with Gasteiger partial charge in [-0.2, -0.15) is 0 Å². The first-order valence-corrected chi connectivity index (χ1v) is 8.55. The first-order valence-electron chi connectivity index (χ1n) is 6.73. The summed E-state index contributed by atoms with van der Waals surface area (Å²) in [5.74, 6) is -0.144. The lowest BCUT2D eigenvalue weighted by Gasteiger charge is -2.23.